The highest BCUT2D eigenvalue weighted by atomic mass is 16.6. The summed E-state index contributed by atoms with van der Waals surface area (Å²) in [4.78, 5) is 30.9. The van der Waals surface area contributed by atoms with Crippen LogP contribution in [0, 0.1) is 10.1 Å². The maximum Gasteiger partial charge on any atom is 0.356 e. The summed E-state index contributed by atoms with van der Waals surface area (Å²) in [5.74, 6) is -0.797. The molecule has 10 heteroatoms. The summed E-state index contributed by atoms with van der Waals surface area (Å²) in [6.07, 6.45) is 3.78. The van der Waals surface area contributed by atoms with Crippen molar-refractivity contribution in [3.05, 3.63) is 57.4 Å². The number of carbonyl (C=O) groups is 1. The third-order valence-corrected chi connectivity index (χ3v) is 4.62. The molecule has 0 atom stereocenters. The van der Waals surface area contributed by atoms with Crippen molar-refractivity contribution in [2.24, 2.45) is 7.05 Å². The van der Waals surface area contributed by atoms with Gasteiger partial charge in [-0.15, -0.1) is 0 Å². The van der Waals surface area contributed by atoms with Gasteiger partial charge in [-0.25, -0.2) is 14.8 Å². The summed E-state index contributed by atoms with van der Waals surface area (Å²) in [5.41, 5.74) is 3.33. The number of fused-ring (bicyclic) bond motifs is 3. The van der Waals surface area contributed by atoms with Crippen molar-refractivity contribution in [1.82, 2.24) is 19.7 Å². The van der Waals surface area contributed by atoms with Crippen LogP contribution in [0.2, 0.25) is 0 Å². The SMILES string of the molecule is Cn1nc(C(=O)O)c2c1-c1nc(Nc3cccc([N+](=O)[O-])c3)ncc1CCC2. The van der Waals surface area contributed by atoms with Crippen LogP contribution >= 0.6 is 0 Å². The van der Waals surface area contributed by atoms with Crippen molar-refractivity contribution in [3.8, 4) is 11.4 Å². The average Bonchev–Trinajstić information content (AvgIpc) is 2.87. The molecule has 0 saturated carbocycles. The Morgan fingerprint density at radius 3 is 2.93 bits per heavy atom. The molecule has 0 fully saturated rings. The van der Waals surface area contributed by atoms with Crippen LogP contribution in [0.25, 0.3) is 11.4 Å². The Morgan fingerprint density at radius 2 is 2.18 bits per heavy atom. The van der Waals surface area contributed by atoms with Gasteiger partial charge >= 0.3 is 5.97 Å². The number of aromatic carboxylic acids is 1. The highest BCUT2D eigenvalue weighted by molar-refractivity contribution is 5.90. The molecule has 4 rings (SSSR count). The van der Waals surface area contributed by atoms with Crippen LogP contribution in [-0.4, -0.2) is 35.7 Å². The van der Waals surface area contributed by atoms with E-state index in [4.69, 9.17) is 0 Å². The molecule has 1 aliphatic carbocycles. The van der Waals surface area contributed by atoms with Crippen LogP contribution in [0.4, 0.5) is 17.3 Å². The van der Waals surface area contributed by atoms with Crippen molar-refractivity contribution >= 4 is 23.3 Å². The Labute approximate surface area is 159 Å². The molecule has 3 aromatic rings. The van der Waals surface area contributed by atoms with E-state index in [1.807, 2.05) is 0 Å². The Bertz CT molecular complexity index is 1110. The second kappa shape index (κ2) is 6.72. The predicted octanol–water partition coefficient (Wildman–Crippen LogP) is 2.72. The highest BCUT2D eigenvalue weighted by Crippen LogP contribution is 2.33. The maximum atomic E-state index is 11.5. The number of benzene rings is 1. The van der Waals surface area contributed by atoms with Gasteiger partial charge in [-0.3, -0.25) is 14.8 Å². The number of carboxylic acid groups (broad SMARTS) is 1. The van der Waals surface area contributed by atoms with Gasteiger partial charge in [0.15, 0.2) is 5.69 Å². The number of nitro benzene ring substituents is 1. The molecule has 1 aromatic carbocycles. The van der Waals surface area contributed by atoms with Crippen LogP contribution in [0.1, 0.15) is 28.0 Å². The van der Waals surface area contributed by atoms with Crippen molar-refractivity contribution < 1.29 is 14.8 Å². The predicted molar refractivity (Wildman–Crippen MR) is 99.6 cm³/mol. The average molecular weight is 380 g/mol. The molecule has 2 N–H and O–H groups in total. The van der Waals surface area contributed by atoms with Crippen LogP contribution in [0.3, 0.4) is 0 Å². The molecule has 10 nitrogen and oxygen atoms in total. The van der Waals surface area contributed by atoms with Crippen molar-refractivity contribution in [2.45, 2.75) is 19.3 Å². The number of hydrogen-bond acceptors (Lipinski definition) is 7. The molecule has 0 radical (unpaired) electrons. The Balaban J connectivity index is 1.77. The van der Waals surface area contributed by atoms with E-state index in [0.29, 0.717) is 29.1 Å². The van der Waals surface area contributed by atoms with E-state index in [0.717, 1.165) is 18.4 Å². The first kappa shape index (κ1) is 17.6. The number of hydrogen-bond donors (Lipinski definition) is 2. The second-order valence-electron chi connectivity index (χ2n) is 6.46. The van der Waals surface area contributed by atoms with E-state index in [1.54, 1.807) is 25.4 Å². The fourth-order valence-corrected chi connectivity index (χ4v) is 3.41. The monoisotopic (exact) mass is 380 g/mol. The molecule has 2 aromatic heterocycles. The fourth-order valence-electron chi connectivity index (χ4n) is 3.41. The number of anilines is 2. The molecular weight excluding hydrogens is 364 g/mol. The quantitative estimate of drug-likeness (QED) is 0.521. The molecule has 0 aliphatic heterocycles. The Kier molecular flexibility index (Phi) is 4.22. The lowest BCUT2D eigenvalue weighted by Crippen LogP contribution is -2.04. The van der Waals surface area contributed by atoms with Crippen LogP contribution in [0.15, 0.2) is 30.5 Å². The van der Waals surface area contributed by atoms with Gasteiger partial charge in [-0.1, -0.05) is 6.07 Å². The van der Waals surface area contributed by atoms with Crippen molar-refractivity contribution in [1.29, 1.82) is 0 Å². The molecule has 0 spiro atoms. The molecule has 2 heterocycles. The van der Waals surface area contributed by atoms with Crippen LogP contribution in [-0.2, 0) is 19.9 Å². The first-order chi connectivity index (χ1) is 13.4. The van der Waals surface area contributed by atoms with E-state index in [9.17, 15) is 20.0 Å². The standard InChI is InChI=1S/C18H16N6O4/c1-23-16-13(15(22-23)17(25)26)7-2-4-10-9-19-18(21-14(10)16)20-11-5-3-6-12(8-11)24(27)28/h3,5-6,8-9H,2,4,7H2,1H3,(H,25,26)(H,19,20,21). The number of nitro groups is 1. The third-order valence-electron chi connectivity index (χ3n) is 4.62. The van der Waals surface area contributed by atoms with Gasteiger partial charge in [0.2, 0.25) is 5.95 Å². The molecule has 0 amide bonds. The summed E-state index contributed by atoms with van der Waals surface area (Å²) in [7, 11) is 1.69. The lowest BCUT2D eigenvalue weighted by molar-refractivity contribution is -0.384. The number of aryl methyl sites for hydroxylation is 2. The second-order valence-corrected chi connectivity index (χ2v) is 6.46. The Morgan fingerprint density at radius 1 is 1.36 bits per heavy atom. The molecular formula is C18H16N6O4. The van der Waals surface area contributed by atoms with Crippen LogP contribution in [0.5, 0.6) is 0 Å². The topological polar surface area (TPSA) is 136 Å². The zero-order chi connectivity index (χ0) is 19.8. The first-order valence-electron chi connectivity index (χ1n) is 8.61. The summed E-state index contributed by atoms with van der Waals surface area (Å²) >= 11 is 0. The molecule has 0 saturated heterocycles. The summed E-state index contributed by atoms with van der Waals surface area (Å²) in [6, 6.07) is 6.05. The van der Waals surface area contributed by atoms with Gasteiger partial charge in [-0.2, -0.15) is 5.10 Å². The number of nitrogens with zero attached hydrogens (tertiary/aromatic N) is 5. The van der Waals surface area contributed by atoms with Gasteiger partial charge < -0.3 is 10.4 Å². The maximum absolute atomic E-state index is 11.5. The molecule has 0 unspecified atom stereocenters. The van der Waals surface area contributed by atoms with E-state index >= 15 is 0 Å². The first-order valence-corrected chi connectivity index (χ1v) is 8.61. The summed E-state index contributed by atoms with van der Waals surface area (Å²) < 4.78 is 1.53. The van der Waals surface area contributed by atoms with Crippen LogP contribution < -0.4 is 5.32 Å². The molecule has 142 valence electrons. The number of aromatic nitrogens is 4. The highest BCUT2D eigenvalue weighted by Gasteiger charge is 2.27. The molecule has 1 aliphatic rings. The lowest BCUT2D eigenvalue weighted by atomic mass is 10.1. The van der Waals surface area contributed by atoms with E-state index in [2.05, 4.69) is 20.4 Å². The number of rotatable bonds is 4. The number of carboxylic acids is 1. The Hall–Kier alpha value is -3.82. The lowest BCUT2D eigenvalue weighted by Gasteiger charge is -2.10. The van der Waals surface area contributed by atoms with Gasteiger partial charge in [-0.05, 0) is 30.9 Å². The normalized spacial score (nSPS) is 12.6. The molecule has 28 heavy (non-hydrogen) atoms. The largest absolute Gasteiger partial charge is 0.476 e. The number of nitrogens with one attached hydrogen (secondary N) is 1. The van der Waals surface area contributed by atoms with E-state index in [1.165, 1.54) is 16.8 Å². The minimum atomic E-state index is -1.07. The zero-order valence-electron chi connectivity index (χ0n) is 14.9. The van der Waals surface area contributed by atoms with Gasteiger partial charge in [0.1, 0.15) is 0 Å². The van der Waals surface area contributed by atoms with Gasteiger partial charge in [0, 0.05) is 36.6 Å². The summed E-state index contributed by atoms with van der Waals surface area (Å²) in [5, 5.41) is 27.5. The van der Waals surface area contributed by atoms with Crippen molar-refractivity contribution in [3.63, 3.8) is 0 Å². The smallest absolute Gasteiger partial charge is 0.356 e. The van der Waals surface area contributed by atoms with E-state index in [-0.39, 0.29) is 17.3 Å². The minimum Gasteiger partial charge on any atom is -0.476 e. The zero-order valence-corrected chi connectivity index (χ0v) is 14.9. The van der Waals surface area contributed by atoms with Gasteiger partial charge in [0.05, 0.1) is 16.3 Å². The third kappa shape index (κ3) is 3.04. The minimum absolute atomic E-state index is 0.0390. The van der Waals surface area contributed by atoms with E-state index < -0.39 is 10.9 Å². The number of non-ortho nitro benzene ring substituents is 1. The van der Waals surface area contributed by atoms with Crippen molar-refractivity contribution in [2.75, 3.05) is 5.32 Å². The molecule has 0 bridgehead atoms. The fraction of sp³-hybridized carbons (Fsp3) is 0.222. The summed E-state index contributed by atoms with van der Waals surface area (Å²) in [6.45, 7) is 0. The van der Waals surface area contributed by atoms with Gasteiger partial charge in [0.25, 0.3) is 5.69 Å².